The summed E-state index contributed by atoms with van der Waals surface area (Å²) in [4.78, 5) is 0. The van der Waals surface area contributed by atoms with E-state index in [1.807, 2.05) is 13.1 Å². The lowest BCUT2D eigenvalue weighted by Crippen LogP contribution is -1.91. The van der Waals surface area contributed by atoms with Crippen LogP contribution < -0.4 is 0 Å². The average molecular weight is 223 g/mol. The summed E-state index contributed by atoms with van der Waals surface area (Å²) in [6, 6.07) is 4.97. The largest absolute Gasteiger partial charge is 0.507 e. The third-order valence-electron chi connectivity index (χ3n) is 2.23. The maximum Gasteiger partial charge on any atom is 0.123 e. The Labute approximate surface area is 92.9 Å². The Morgan fingerprint density at radius 3 is 2.93 bits per heavy atom. The lowest BCUT2D eigenvalue weighted by Gasteiger charge is -2.01. The maximum absolute atomic E-state index is 9.67. The highest BCUT2D eigenvalue weighted by atomic mass is 35.5. The first-order chi connectivity index (χ1) is 7.20. The van der Waals surface area contributed by atoms with E-state index in [2.05, 4.69) is 5.10 Å². The van der Waals surface area contributed by atoms with Gasteiger partial charge in [-0.1, -0.05) is 11.6 Å². The van der Waals surface area contributed by atoms with Crippen molar-refractivity contribution >= 4 is 11.6 Å². The van der Waals surface area contributed by atoms with Gasteiger partial charge in [-0.05, 0) is 25.1 Å². The first-order valence-corrected chi connectivity index (χ1v) is 5.10. The fourth-order valence-corrected chi connectivity index (χ4v) is 1.59. The topological polar surface area (TPSA) is 38.0 Å². The van der Waals surface area contributed by atoms with Gasteiger partial charge in [0.1, 0.15) is 5.75 Å². The third kappa shape index (κ3) is 1.97. The van der Waals surface area contributed by atoms with E-state index >= 15 is 0 Å². The molecular formula is C11H11ClN2O. The molecule has 0 amide bonds. The zero-order chi connectivity index (χ0) is 10.8. The minimum Gasteiger partial charge on any atom is -0.507 e. The average Bonchev–Trinajstić information content (AvgIpc) is 2.70. The van der Waals surface area contributed by atoms with Gasteiger partial charge in [-0.25, -0.2) is 0 Å². The van der Waals surface area contributed by atoms with Crippen LogP contribution in [0, 0.1) is 0 Å². The Morgan fingerprint density at radius 2 is 2.27 bits per heavy atom. The van der Waals surface area contributed by atoms with Crippen LogP contribution in [0.15, 0.2) is 30.6 Å². The molecule has 1 aromatic heterocycles. The Balaban J connectivity index is 2.48. The number of hydrogen-bond acceptors (Lipinski definition) is 2. The van der Waals surface area contributed by atoms with Crippen molar-refractivity contribution in [1.82, 2.24) is 9.78 Å². The van der Waals surface area contributed by atoms with Crippen molar-refractivity contribution in [2.45, 2.75) is 13.5 Å². The van der Waals surface area contributed by atoms with Crippen molar-refractivity contribution in [3.63, 3.8) is 0 Å². The number of hydrogen-bond donors (Lipinski definition) is 1. The van der Waals surface area contributed by atoms with Gasteiger partial charge in [-0.2, -0.15) is 5.10 Å². The van der Waals surface area contributed by atoms with Crippen molar-refractivity contribution in [1.29, 1.82) is 0 Å². The highest BCUT2D eigenvalue weighted by Crippen LogP contribution is 2.31. The lowest BCUT2D eigenvalue weighted by atomic mass is 10.1. The minimum atomic E-state index is 0.218. The van der Waals surface area contributed by atoms with Gasteiger partial charge in [0, 0.05) is 28.9 Å². The summed E-state index contributed by atoms with van der Waals surface area (Å²) in [5.41, 5.74) is 1.58. The van der Waals surface area contributed by atoms with E-state index in [1.165, 1.54) is 0 Å². The van der Waals surface area contributed by atoms with Gasteiger partial charge in [-0.3, -0.25) is 4.68 Å². The van der Waals surface area contributed by atoms with Gasteiger partial charge in [-0.15, -0.1) is 0 Å². The van der Waals surface area contributed by atoms with Gasteiger partial charge in [0.25, 0.3) is 0 Å². The second-order valence-corrected chi connectivity index (χ2v) is 3.68. The second-order valence-electron chi connectivity index (χ2n) is 3.25. The Hall–Kier alpha value is -1.48. The standard InChI is InChI=1S/C11H11ClN2O/c1-2-14-7-8(6-13-14)10-5-9(12)3-4-11(10)15/h3-7,15H,2H2,1H3. The van der Waals surface area contributed by atoms with E-state index in [-0.39, 0.29) is 5.75 Å². The Kier molecular flexibility index (Phi) is 2.64. The summed E-state index contributed by atoms with van der Waals surface area (Å²) in [7, 11) is 0. The molecule has 0 aliphatic carbocycles. The van der Waals surface area contributed by atoms with Crippen LogP contribution in [-0.2, 0) is 6.54 Å². The molecule has 1 heterocycles. The quantitative estimate of drug-likeness (QED) is 0.849. The Morgan fingerprint density at radius 1 is 1.47 bits per heavy atom. The van der Waals surface area contributed by atoms with Crippen molar-refractivity contribution in [3.05, 3.63) is 35.6 Å². The normalized spacial score (nSPS) is 10.5. The minimum absolute atomic E-state index is 0.218. The van der Waals surface area contributed by atoms with E-state index in [0.717, 1.165) is 12.1 Å². The first kappa shape index (κ1) is 10.1. The first-order valence-electron chi connectivity index (χ1n) is 4.72. The molecule has 0 aliphatic rings. The summed E-state index contributed by atoms with van der Waals surface area (Å²) in [6.45, 7) is 2.82. The predicted molar refractivity (Wildman–Crippen MR) is 60.0 cm³/mol. The molecule has 0 aliphatic heterocycles. The zero-order valence-electron chi connectivity index (χ0n) is 8.31. The lowest BCUT2D eigenvalue weighted by molar-refractivity contribution is 0.477. The molecule has 0 spiro atoms. The molecule has 4 heteroatoms. The molecule has 0 radical (unpaired) electrons. The maximum atomic E-state index is 9.67. The van der Waals surface area contributed by atoms with Crippen molar-refractivity contribution in [3.8, 4) is 16.9 Å². The van der Waals surface area contributed by atoms with E-state index in [4.69, 9.17) is 11.6 Å². The molecule has 0 unspecified atom stereocenters. The molecule has 2 aromatic rings. The smallest absolute Gasteiger partial charge is 0.123 e. The summed E-state index contributed by atoms with van der Waals surface area (Å²) in [5, 5.41) is 14.4. The summed E-state index contributed by atoms with van der Waals surface area (Å²) < 4.78 is 1.80. The number of nitrogens with zero attached hydrogens (tertiary/aromatic N) is 2. The van der Waals surface area contributed by atoms with E-state index in [0.29, 0.717) is 10.6 Å². The number of phenols is 1. The SMILES string of the molecule is CCn1cc(-c2cc(Cl)ccc2O)cn1. The fourth-order valence-electron chi connectivity index (χ4n) is 1.42. The van der Waals surface area contributed by atoms with Crippen LogP contribution in [0.25, 0.3) is 11.1 Å². The number of aryl methyl sites for hydroxylation is 1. The number of rotatable bonds is 2. The molecular weight excluding hydrogens is 212 g/mol. The number of aromatic hydroxyl groups is 1. The molecule has 78 valence electrons. The van der Waals surface area contributed by atoms with Gasteiger partial charge in [0.05, 0.1) is 6.20 Å². The van der Waals surface area contributed by atoms with E-state index in [1.54, 1.807) is 29.1 Å². The molecule has 1 aromatic carbocycles. The van der Waals surface area contributed by atoms with Gasteiger partial charge >= 0.3 is 0 Å². The van der Waals surface area contributed by atoms with Crippen LogP contribution >= 0.6 is 11.6 Å². The molecule has 3 nitrogen and oxygen atoms in total. The number of benzene rings is 1. The monoisotopic (exact) mass is 222 g/mol. The molecule has 15 heavy (non-hydrogen) atoms. The number of aromatic nitrogens is 2. The molecule has 0 fully saturated rings. The fraction of sp³-hybridized carbons (Fsp3) is 0.182. The van der Waals surface area contributed by atoms with E-state index < -0.39 is 0 Å². The van der Waals surface area contributed by atoms with Crippen LogP contribution in [0.2, 0.25) is 5.02 Å². The zero-order valence-corrected chi connectivity index (χ0v) is 9.07. The predicted octanol–water partition coefficient (Wildman–Crippen LogP) is 2.93. The Bertz CT molecular complexity index is 479. The van der Waals surface area contributed by atoms with Crippen LogP contribution in [0.3, 0.4) is 0 Å². The molecule has 1 N–H and O–H groups in total. The third-order valence-corrected chi connectivity index (χ3v) is 2.46. The highest BCUT2D eigenvalue weighted by molar-refractivity contribution is 6.30. The number of phenolic OH excluding ortho intramolecular Hbond substituents is 1. The van der Waals surface area contributed by atoms with Crippen LogP contribution in [0.4, 0.5) is 0 Å². The van der Waals surface area contributed by atoms with E-state index in [9.17, 15) is 5.11 Å². The van der Waals surface area contributed by atoms with Gasteiger partial charge in [0.2, 0.25) is 0 Å². The molecule has 0 bridgehead atoms. The van der Waals surface area contributed by atoms with Crippen LogP contribution in [0.5, 0.6) is 5.75 Å². The second kappa shape index (κ2) is 3.95. The summed E-state index contributed by atoms with van der Waals surface area (Å²) >= 11 is 5.87. The number of halogens is 1. The van der Waals surface area contributed by atoms with Gasteiger partial charge in [0.15, 0.2) is 0 Å². The molecule has 0 saturated carbocycles. The van der Waals surface area contributed by atoms with Crippen molar-refractivity contribution < 1.29 is 5.11 Å². The van der Waals surface area contributed by atoms with Crippen LogP contribution in [0.1, 0.15) is 6.92 Å². The molecule has 0 atom stereocenters. The van der Waals surface area contributed by atoms with Gasteiger partial charge < -0.3 is 5.11 Å². The molecule has 0 saturated heterocycles. The highest BCUT2D eigenvalue weighted by Gasteiger charge is 2.06. The van der Waals surface area contributed by atoms with Crippen LogP contribution in [-0.4, -0.2) is 14.9 Å². The van der Waals surface area contributed by atoms with Crippen molar-refractivity contribution in [2.75, 3.05) is 0 Å². The summed E-state index contributed by atoms with van der Waals surface area (Å²) in [5.74, 6) is 0.218. The summed E-state index contributed by atoms with van der Waals surface area (Å²) in [6.07, 6.45) is 3.60. The molecule has 2 rings (SSSR count). The van der Waals surface area contributed by atoms with Crippen molar-refractivity contribution in [2.24, 2.45) is 0 Å².